The van der Waals surface area contributed by atoms with Crippen molar-refractivity contribution in [2.24, 2.45) is 5.41 Å². The maximum Gasteiger partial charge on any atom is 0.229 e. The van der Waals surface area contributed by atoms with Crippen LogP contribution in [0.25, 0.3) is 11.5 Å². The fourth-order valence-electron chi connectivity index (χ4n) is 1.34. The van der Waals surface area contributed by atoms with E-state index in [9.17, 15) is 5.11 Å². The van der Waals surface area contributed by atoms with Crippen LogP contribution in [0.3, 0.4) is 0 Å². The minimum absolute atomic E-state index is 0.219. The first-order chi connectivity index (χ1) is 8.47. The second-order valence-corrected chi connectivity index (χ2v) is 5.19. The Balaban J connectivity index is 2.12. The van der Waals surface area contributed by atoms with Crippen molar-refractivity contribution in [3.8, 4) is 11.5 Å². The Bertz CT molecular complexity index is 504. The molecule has 1 atom stereocenters. The molecule has 2 rings (SSSR count). The fraction of sp³-hybridized carbons (Fsp3) is 0.500. The van der Waals surface area contributed by atoms with Crippen molar-refractivity contribution in [1.29, 1.82) is 0 Å². The molecule has 18 heavy (non-hydrogen) atoms. The van der Waals surface area contributed by atoms with Crippen LogP contribution in [0.15, 0.2) is 23.1 Å². The molecule has 0 aliphatic carbocycles. The standard InChI is InChI=1S/C12H16N4O2/c1-12(2,3)9(17)6-10-15-11(16-18-10)8-4-5-13-7-14-8/h4-5,7,9,17H,6H2,1-3H3. The number of hydrogen-bond donors (Lipinski definition) is 1. The van der Waals surface area contributed by atoms with Gasteiger partial charge in [0.05, 0.1) is 12.5 Å². The van der Waals surface area contributed by atoms with Crippen LogP contribution in [0.5, 0.6) is 0 Å². The van der Waals surface area contributed by atoms with E-state index in [0.717, 1.165) is 0 Å². The molecule has 6 nitrogen and oxygen atoms in total. The summed E-state index contributed by atoms with van der Waals surface area (Å²) in [6.07, 6.45) is 2.84. The van der Waals surface area contributed by atoms with Gasteiger partial charge in [0, 0.05) is 6.20 Å². The first-order valence-electron chi connectivity index (χ1n) is 5.74. The molecule has 2 heterocycles. The molecule has 0 radical (unpaired) electrons. The van der Waals surface area contributed by atoms with Gasteiger partial charge in [-0.3, -0.25) is 0 Å². The van der Waals surface area contributed by atoms with Crippen LogP contribution in [-0.4, -0.2) is 31.3 Å². The van der Waals surface area contributed by atoms with E-state index >= 15 is 0 Å². The molecular formula is C12H16N4O2. The zero-order valence-electron chi connectivity index (χ0n) is 10.7. The molecule has 0 aliphatic rings. The summed E-state index contributed by atoms with van der Waals surface area (Å²) in [7, 11) is 0. The molecule has 2 aromatic heterocycles. The summed E-state index contributed by atoms with van der Waals surface area (Å²) in [4.78, 5) is 12.1. The fourth-order valence-corrected chi connectivity index (χ4v) is 1.34. The minimum Gasteiger partial charge on any atom is -0.392 e. The predicted molar refractivity (Wildman–Crippen MR) is 64.5 cm³/mol. The van der Waals surface area contributed by atoms with Gasteiger partial charge in [-0.05, 0) is 11.5 Å². The van der Waals surface area contributed by atoms with Gasteiger partial charge in [0.15, 0.2) is 0 Å². The highest BCUT2D eigenvalue weighted by molar-refractivity contribution is 5.46. The van der Waals surface area contributed by atoms with Crippen molar-refractivity contribution in [3.63, 3.8) is 0 Å². The molecule has 2 aromatic rings. The maximum absolute atomic E-state index is 9.97. The second kappa shape index (κ2) is 4.81. The average Bonchev–Trinajstić information content (AvgIpc) is 2.77. The van der Waals surface area contributed by atoms with Crippen LogP contribution in [0.4, 0.5) is 0 Å². The van der Waals surface area contributed by atoms with Crippen molar-refractivity contribution in [1.82, 2.24) is 20.1 Å². The lowest BCUT2D eigenvalue weighted by Crippen LogP contribution is -2.28. The molecule has 0 aliphatic heterocycles. The number of aliphatic hydroxyl groups is 1. The quantitative estimate of drug-likeness (QED) is 0.885. The molecule has 0 amide bonds. The van der Waals surface area contributed by atoms with E-state index in [2.05, 4.69) is 20.1 Å². The minimum atomic E-state index is -0.531. The van der Waals surface area contributed by atoms with Gasteiger partial charge in [-0.2, -0.15) is 4.98 Å². The Labute approximate surface area is 105 Å². The number of hydrogen-bond acceptors (Lipinski definition) is 6. The van der Waals surface area contributed by atoms with Crippen LogP contribution in [0, 0.1) is 5.41 Å². The SMILES string of the molecule is CC(C)(C)C(O)Cc1nc(-c2ccncn2)no1. The Kier molecular flexibility index (Phi) is 3.38. The average molecular weight is 248 g/mol. The number of nitrogens with zero attached hydrogens (tertiary/aromatic N) is 4. The van der Waals surface area contributed by atoms with E-state index in [1.54, 1.807) is 12.3 Å². The van der Waals surface area contributed by atoms with Gasteiger partial charge >= 0.3 is 0 Å². The molecule has 1 N–H and O–H groups in total. The summed E-state index contributed by atoms with van der Waals surface area (Å²) in [5.74, 6) is 0.819. The van der Waals surface area contributed by atoms with Crippen molar-refractivity contribution in [3.05, 3.63) is 24.5 Å². The summed E-state index contributed by atoms with van der Waals surface area (Å²) in [5, 5.41) is 13.8. The predicted octanol–water partition coefficient (Wildman–Crippen LogP) is 1.48. The van der Waals surface area contributed by atoms with Crippen LogP contribution in [0.1, 0.15) is 26.7 Å². The van der Waals surface area contributed by atoms with Crippen LogP contribution in [-0.2, 0) is 6.42 Å². The van der Waals surface area contributed by atoms with Gasteiger partial charge in [0.1, 0.15) is 12.0 Å². The monoisotopic (exact) mass is 248 g/mol. The Hall–Kier alpha value is -1.82. The van der Waals surface area contributed by atoms with Crippen LogP contribution < -0.4 is 0 Å². The van der Waals surface area contributed by atoms with Gasteiger partial charge in [-0.15, -0.1) is 0 Å². The molecular weight excluding hydrogens is 232 g/mol. The molecule has 0 bridgehead atoms. The third-order valence-electron chi connectivity index (χ3n) is 2.65. The highest BCUT2D eigenvalue weighted by Crippen LogP contribution is 2.22. The molecule has 6 heteroatoms. The van der Waals surface area contributed by atoms with E-state index in [1.807, 2.05) is 20.8 Å². The summed E-state index contributed by atoms with van der Waals surface area (Å²) < 4.78 is 5.10. The van der Waals surface area contributed by atoms with Crippen LogP contribution >= 0.6 is 0 Å². The topological polar surface area (TPSA) is 84.9 Å². The number of rotatable bonds is 3. The van der Waals surface area contributed by atoms with Crippen molar-refractivity contribution >= 4 is 0 Å². The normalized spacial score (nSPS) is 13.6. The lowest BCUT2D eigenvalue weighted by molar-refractivity contribution is 0.0565. The summed E-state index contributed by atoms with van der Waals surface area (Å²) in [6, 6.07) is 1.70. The highest BCUT2D eigenvalue weighted by atomic mass is 16.5. The smallest absolute Gasteiger partial charge is 0.229 e. The molecule has 0 spiro atoms. The summed E-state index contributed by atoms with van der Waals surface area (Å²) in [6.45, 7) is 5.87. The third-order valence-corrected chi connectivity index (χ3v) is 2.65. The van der Waals surface area contributed by atoms with Crippen molar-refractivity contribution < 1.29 is 9.63 Å². The van der Waals surface area contributed by atoms with Crippen molar-refractivity contribution in [2.75, 3.05) is 0 Å². The van der Waals surface area contributed by atoms with E-state index in [-0.39, 0.29) is 5.41 Å². The first-order valence-corrected chi connectivity index (χ1v) is 5.74. The van der Waals surface area contributed by atoms with E-state index in [4.69, 9.17) is 4.52 Å². The van der Waals surface area contributed by atoms with E-state index in [0.29, 0.717) is 23.8 Å². The number of aromatic nitrogens is 4. The van der Waals surface area contributed by atoms with Gasteiger partial charge in [0.25, 0.3) is 0 Å². The zero-order valence-corrected chi connectivity index (χ0v) is 10.7. The Morgan fingerprint density at radius 3 is 2.78 bits per heavy atom. The van der Waals surface area contributed by atoms with Gasteiger partial charge < -0.3 is 9.63 Å². The van der Waals surface area contributed by atoms with Gasteiger partial charge in [0.2, 0.25) is 11.7 Å². The first kappa shape index (κ1) is 12.6. The van der Waals surface area contributed by atoms with E-state index in [1.165, 1.54) is 6.33 Å². The summed E-state index contributed by atoms with van der Waals surface area (Å²) >= 11 is 0. The molecule has 1 unspecified atom stereocenters. The molecule has 0 saturated heterocycles. The van der Waals surface area contributed by atoms with E-state index < -0.39 is 6.10 Å². The molecule has 96 valence electrons. The highest BCUT2D eigenvalue weighted by Gasteiger charge is 2.24. The maximum atomic E-state index is 9.97. The van der Waals surface area contributed by atoms with Gasteiger partial charge in [-0.1, -0.05) is 25.9 Å². The summed E-state index contributed by atoms with van der Waals surface area (Å²) in [5.41, 5.74) is 0.383. The Morgan fingerprint density at radius 2 is 2.17 bits per heavy atom. The number of aliphatic hydroxyl groups excluding tert-OH is 1. The third kappa shape index (κ3) is 2.89. The Morgan fingerprint density at radius 1 is 1.39 bits per heavy atom. The van der Waals surface area contributed by atoms with Crippen molar-refractivity contribution in [2.45, 2.75) is 33.3 Å². The lowest BCUT2D eigenvalue weighted by atomic mass is 9.87. The van der Waals surface area contributed by atoms with Gasteiger partial charge in [-0.25, -0.2) is 9.97 Å². The zero-order chi connectivity index (χ0) is 13.2. The molecule has 0 saturated carbocycles. The van der Waals surface area contributed by atoms with Crippen LogP contribution in [0.2, 0.25) is 0 Å². The second-order valence-electron chi connectivity index (χ2n) is 5.19. The largest absolute Gasteiger partial charge is 0.392 e. The lowest BCUT2D eigenvalue weighted by Gasteiger charge is -2.24. The molecule has 0 aromatic carbocycles. The molecule has 0 fully saturated rings.